The van der Waals surface area contributed by atoms with Crippen molar-refractivity contribution in [2.75, 3.05) is 0 Å². The predicted octanol–water partition coefficient (Wildman–Crippen LogP) is 3.05. The Morgan fingerprint density at radius 3 is 2.68 bits per heavy atom. The highest BCUT2D eigenvalue weighted by molar-refractivity contribution is 6.32. The Balaban J connectivity index is 1.67. The standard InChI is InChI=1S/C15H9ClN4O5/c16-13-11(2-1-7-17-13)15(21)24-8-12-18-19-14(25-12)9-3-5-10(6-4-9)20(22)23/h1-7H,8H2. The van der Waals surface area contributed by atoms with Crippen LogP contribution in [0.4, 0.5) is 5.69 Å². The number of nitro benzene ring substituents is 1. The fraction of sp³-hybridized carbons (Fsp3) is 0.0667. The van der Waals surface area contributed by atoms with Gasteiger partial charge < -0.3 is 9.15 Å². The van der Waals surface area contributed by atoms with Crippen molar-refractivity contribution in [1.29, 1.82) is 0 Å². The summed E-state index contributed by atoms with van der Waals surface area (Å²) >= 11 is 5.81. The molecule has 1 aromatic carbocycles. The molecule has 0 N–H and O–H groups in total. The molecule has 3 rings (SSSR count). The number of nitro groups is 1. The second-order valence-electron chi connectivity index (χ2n) is 4.72. The molecule has 3 aromatic rings. The molecule has 25 heavy (non-hydrogen) atoms. The van der Waals surface area contributed by atoms with Gasteiger partial charge in [0, 0.05) is 23.9 Å². The van der Waals surface area contributed by atoms with Crippen LogP contribution in [0.2, 0.25) is 5.15 Å². The number of hydrogen-bond acceptors (Lipinski definition) is 8. The van der Waals surface area contributed by atoms with Gasteiger partial charge in [0.2, 0.25) is 5.89 Å². The Labute approximate surface area is 145 Å². The second-order valence-corrected chi connectivity index (χ2v) is 5.08. The van der Waals surface area contributed by atoms with Crippen LogP contribution < -0.4 is 0 Å². The van der Waals surface area contributed by atoms with Gasteiger partial charge in [-0.25, -0.2) is 9.78 Å². The number of nitrogens with zero attached hydrogens (tertiary/aromatic N) is 4. The minimum absolute atomic E-state index is 0.0320. The van der Waals surface area contributed by atoms with E-state index >= 15 is 0 Å². The number of aromatic nitrogens is 3. The van der Waals surface area contributed by atoms with Crippen molar-refractivity contribution < 1.29 is 18.9 Å². The van der Waals surface area contributed by atoms with E-state index < -0.39 is 10.9 Å². The van der Waals surface area contributed by atoms with Gasteiger partial charge in [0.05, 0.1) is 10.5 Å². The zero-order valence-electron chi connectivity index (χ0n) is 12.5. The van der Waals surface area contributed by atoms with Crippen LogP contribution in [0.5, 0.6) is 0 Å². The number of carbonyl (C=O) groups is 1. The van der Waals surface area contributed by atoms with Crippen molar-refractivity contribution in [2.45, 2.75) is 6.61 Å². The van der Waals surface area contributed by atoms with Gasteiger partial charge in [0.25, 0.3) is 11.6 Å². The Bertz CT molecular complexity index is 926. The monoisotopic (exact) mass is 360 g/mol. The first kappa shape index (κ1) is 16.5. The average Bonchev–Trinajstić information content (AvgIpc) is 3.09. The highest BCUT2D eigenvalue weighted by atomic mass is 35.5. The van der Waals surface area contributed by atoms with Crippen LogP contribution in [0.25, 0.3) is 11.5 Å². The van der Waals surface area contributed by atoms with Crippen LogP contribution in [0.15, 0.2) is 47.0 Å². The summed E-state index contributed by atoms with van der Waals surface area (Å²) < 4.78 is 10.4. The van der Waals surface area contributed by atoms with E-state index in [1.807, 2.05) is 0 Å². The summed E-state index contributed by atoms with van der Waals surface area (Å²) in [6, 6.07) is 8.65. The van der Waals surface area contributed by atoms with Gasteiger partial charge in [-0.3, -0.25) is 10.1 Å². The summed E-state index contributed by atoms with van der Waals surface area (Å²) in [4.78, 5) is 25.8. The second kappa shape index (κ2) is 7.05. The van der Waals surface area contributed by atoms with Crippen molar-refractivity contribution >= 4 is 23.3 Å². The van der Waals surface area contributed by atoms with E-state index in [1.54, 1.807) is 6.07 Å². The first-order valence-corrected chi connectivity index (χ1v) is 7.27. The molecule has 126 valence electrons. The number of benzene rings is 1. The van der Waals surface area contributed by atoms with E-state index in [4.69, 9.17) is 20.8 Å². The third-order valence-electron chi connectivity index (χ3n) is 3.10. The fourth-order valence-electron chi connectivity index (χ4n) is 1.90. The maximum Gasteiger partial charge on any atom is 0.341 e. The highest BCUT2D eigenvalue weighted by Crippen LogP contribution is 2.21. The van der Waals surface area contributed by atoms with E-state index in [1.165, 1.54) is 36.5 Å². The fourth-order valence-corrected chi connectivity index (χ4v) is 2.09. The molecule has 0 atom stereocenters. The minimum atomic E-state index is -0.673. The Hall–Kier alpha value is -3.33. The summed E-state index contributed by atoms with van der Waals surface area (Å²) in [7, 11) is 0. The molecular formula is C15H9ClN4O5. The maximum atomic E-state index is 11.9. The lowest BCUT2D eigenvalue weighted by atomic mass is 10.2. The smallest absolute Gasteiger partial charge is 0.341 e. The van der Waals surface area contributed by atoms with Gasteiger partial charge in [0.15, 0.2) is 6.61 Å². The number of ether oxygens (including phenoxy) is 1. The van der Waals surface area contributed by atoms with Gasteiger partial charge >= 0.3 is 5.97 Å². The average molecular weight is 361 g/mol. The first-order chi connectivity index (χ1) is 12.0. The summed E-state index contributed by atoms with van der Waals surface area (Å²) in [5, 5.41) is 18.2. The van der Waals surface area contributed by atoms with Crippen LogP contribution in [0.1, 0.15) is 16.2 Å². The molecule has 0 aliphatic rings. The van der Waals surface area contributed by atoms with E-state index in [2.05, 4.69) is 15.2 Å². The van der Waals surface area contributed by atoms with Crippen molar-refractivity contribution in [2.24, 2.45) is 0 Å². The van der Waals surface area contributed by atoms with Crippen molar-refractivity contribution in [3.8, 4) is 11.5 Å². The van der Waals surface area contributed by atoms with Gasteiger partial charge in [-0.15, -0.1) is 10.2 Å². The molecule has 0 spiro atoms. The molecule has 0 bridgehead atoms. The molecule has 9 nitrogen and oxygen atoms in total. The highest BCUT2D eigenvalue weighted by Gasteiger charge is 2.15. The van der Waals surface area contributed by atoms with Crippen molar-refractivity contribution in [1.82, 2.24) is 15.2 Å². The van der Waals surface area contributed by atoms with Crippen LogP contribution >= 0.6 is 11.6 Å². The van der Waals surface area contributed by atoms with Crippen LogP contribution in [0, 0.1) is 10.1 Å². The number of halogens is 1. The van der Waals surface area contributed by atoms with Gasteiger partial charge in [-0.2, -0.15) is 0 Å². The van der Waals surface area contributed by atoms with Gasteiger partial charge in [-0.1, -0.05) is 11.6 Å². The van der Waals surface area contributed by atoms with E-state index in [0.29, 0.717) is 5.56 Å². The van der Waals surface area contributed by atoms with E-state index in [9.17, 15) is 14.9 Å². The topological polar surface area (TPSA) is 121 Å². The maximum absolute atomic E-state index is 11.9. The SMILES string of the molecule is O=C(OCc1nnc(-c2ccc([N+](=O)[O-])cc2)o1)c1cccnc1Cl. The normalized spacial score (nSPS) is 10.4. The van der Waals surface area contributed by atoms with Crippen molar-refractivity contribution in [3.63, 3.8) is 0 Å². The number of esters is 1. The molecule has 0 saturated carbocycles. The molecular weight excluding hydrogens is 352 g/mol. The molecule has 0 aliphatic carbocycles. The third-order valence-corrected chi connectivity index (χ3v) is 3.40. The number of carbonyl (C=O) groups excluding carboxylic acids is 1. The summed E-state index contributed by atoms with van der Waals surface area (Å²) in [5.41, 5.74) is 0.580. The minimum Gasteiger partial charge on any atom is -0.452 e. The van der Waals surface area contributed by atoms with Crippen LogP contribution in [-0.4, -0.2) is 26.1 Å². The third kappa shape index (κ3) is 3.78. The Morgan fingerprint density at radius 1 is 1.24 bits per heavy atom. The van der Waals surface area contributed by atoms with Gasteiger partial charge in [-0.05, 0) is 24.3 Å². The molecule has 0 aliphatic heterocycles. The number of hydrogen-bond donors (Lipinski definition) is 0. The lowest BCUT2D eigenvalue weighted by Crippen LogP contribution is -2.06. The lowest BCUT2D eigenvalue weighted by molar-refractivity contribution is -0.384. The van der Waals surface area contributed by atoms with Gasteiger partial charge in [0.1, 0.15) is 5.15 Å². The molecule has 0 unspecified atom stereocenters. The zero-order valence-corrected chi connectivity index (χ0v) is 13.2. The predicted molar refractivity (Wildman–Crippen MR) is 84.8 cm³/mol. The summed E-state index contributed by atoms with van der Waals surface area (Å²) in [5.74, 6) is -0.449. The van der Waals surface area contributed by atoms with E-state index in [0.717, 1.165) is 0 Å². The molecule has 0 radical (unpaired) electrons. The molecule has 0 saturated heterocycles. The lowest BCUT2D eigenvalue weighted by Gasteiger charge is -2.02. The summed E-state index contributed by atoms with van der Waals surface area (Å²) in [6.07, 6.45) is 1.45. The number of rotatable bonds is 5. The number of non-ortho nitro benzene ring substituents is 1. The quantitative estimate of drug-likeness (QED) is 0.294. The molecule has 0 amide bonds. The van der Waals surface area contributed by atoms with Crippen molar-refractivity contribution in [3.05, 3.63) is 69.3 Å². The summed E-state index contributed by atoms with van der Waals surface area (Å²) in [6.45, 7) is -0.246. The molecule has 0 fully saturated rings. The molecule has 10 heteroatoms. The molecule has 2 heterocycles. The zero-order chi connectivity index (χ0) is 17.8. The van der Waals surface area contributed by atoms with Crippen LogP contribution in [0.3, 0.4) is 0 Å². The first-order valence-electron chi connectivity index (χ1n) is 6.89. The Kier molecular flexibility index (Phi) is 4.66. The number of pyridine rings is 1. The van der Waals surface area contributed by atoms with E-state index in [-0.39, 0.29) is 34.8 Å². The molecule has 2 aromatic heterocycles. The Morgan fingerprint density at radius 2 is 2.00 bits per heavy atom. The van der Waals surface area contributed by atoms with Crippen LogP contribution in [-0.2, 0) is 11.3 Å². The largest absolute Gasteiger partial charge is 0.452 e.